The van der Waals surface area contributed by atoms with Gasteiger partial charge in [0, 0.05) is 15.7 Å². The SMILES string of the molecule is CCCCc1cc(Cl)c(C)c(C(=O)Nc2ccc(C(c3ccccc3)(c3ccccc3)c3ccccc3)c(Cl)c2)c1O. The summed E-state index contributed by atoms with van der Waals surface area (Å²) in [6.45, 7) is 3.82. The molecule has 5 aromatic rings. The van der Waals surface area contributed by atoms with E-state index in [1.807, 2.05) is 66.7 Å². The fourth-order valence-corrected chi connectivity index (χ4v) is 6.29. The molecule has 0 fully saturated rings. The quantitative estimate of drug-likeness (QED) is 0.167. The van der Waals surface area contributed by atoms with Crippen LogP contribution in [0.4, 0.5) is 5.69 Å². The number of unbranched alkanes of at least 4 members (excludes halogenated alkanes) is 1. The monoisotopic (exact) mass is 593 g/mol. The van der Waals surface area contributed by atoms with E-state index < -0.39 is 11.3 Å². The maximum atomic E-state index is 13.5. The average Bonchev–Trinajstić information content (AvgIpc) is 3.01. The third kappa shape index (κ3) is 5.55. The highest BCUT2D eigenvalue weighted by Crippen LogP contribution is 2.48. The average molecular weight is 595 g/mol. The second-order valence-electron chi connectivity index (χ2n) is 10.5. The highest BCUT2D eigenvalue weighted by atomic mass is 35.5. The number of amides is 1. The Balaban J connectivity index is 1.61. The van der Waals surface area contributed by atoms with Gasteiger partial charge in [-0.25, -0.2) is 0 Å². The molecule has 0 radical (unpaired) electrons. The van der Waals surface area contributed by atoms with Crippen LogP contribution in [-0.4, -0.2) is 11.0 Å². The lowest BCUT2D eigenvalue weighted by molar-refractivity contribution is 0.102. The highest BCUT2D eigenvalue weighted by molar-refractivity contribution is 6.33. The van der Waals surface area contributed by atoms with Crippen LogP contribution in [0.2, 0.25) is 10.0 Å². The fourth-order valence-electron chi connectivity index (χ4n) is 5.74. The van der Waals surface area contributed by atoms with E-state index >= 15 is 0 Å². The third-order valence-corrected chi connectivity index (χ3v) is 8.56. The first-order chi connectivity index (χ1) is 20.4. The van der Waals surface area contributed by atoms with Crippen LogP contribution in [0.25, 0.3) is 0 Å². The number of rotatable bonds is 9. The van der Waals surface area contributed by atoms with Crippen molar-refractivity contribution >= 4 is 34.8 Å². The van der Waals surface area contributed by atoms with Gasteiger partial charge in [-0.3, -0.25) is 4.79 Å². The lowest BCUT2D eigenvalue weighted by atomic mass is 9.65. The Morgan fingerprint density at radius 1 is 0.762 bits per heavy atom. The Hall–Kier alpha value is -4.05. The smallest absolute Gasteiger partial charge is 0.259 e. The molecule has 212 valence electrons. The zero-order chi connectivity index (χ0) is 29.7. The van der Waals surface area contributed by atoms with Gasteiger partial charge in [-0.05, 0) is 71.3 Å². The van der Waals surface area contributed by atoms with E-state index in [4.69, 9.17) is 23.2 Å². The van der Waals surface area contributed by atoms with Crippen LogP contribution in [0.3, 0.4) is 0 Å². The van der Waals surface area contributed by atoms with Crippen LogP contribution in [0.15, 0.2) is 115 Å². The van der Waals surface area contributed by atoms with E-state index in [1.165, 1.54) is 0 Å². The van der Waals surface area contributed by atoms with Gasteiger partial charge in [0.25, 0.3) is 5.91 Å². The number of nitrogens with one attached hydrogen (secondary N) is 1. The summed E-state index contributed by atoms with van der Waals surface area (Å²) >= 11 is 13.6. The summed E-state index contributed by atoms with van der Waals surface area (Å²) < 4.78 is 0. The molecule has 5 heteroatoms. The van der Waals surface area contributed by atoms with Crippen molar-refractivity contribution in [3.63, 3.8) is 0 Å². The first kappa shape index (κ1) is 29.4. The second-order valence-corrected chi connectivity index (χ2v) is 11.3. The lowest BCUT2D eigenvalue weighted by Gasteiger charge is -2.37. The molecule has 2 N–H and O–H groups in total. The number of hydrogen-bond donors (Lipinski definition) is 2. The Bertz CT molecular complexity index is 1590. The van der Waals surface area contributed by atoms with Crippen LogP contribution < -0.4 is 5.32 Å². The van der Waals surface area contributed by atoms with Gasteiger partial charge in [0.1, 0.15) is 5.75 Å². The molecule has 0 aliphatic carbocycles. The van der Waals surface area contributed by atoms with E-state index in [1.54, 1.807) is 19.1 Å². The van der Waals surface area contributed by atoms with Gasteiger partial charge in [-0.15, -0.1) is 0 Å². The number of aryl methyl sites for hydroxylation is 1. The molecule has 0 unspecified atom stereocenters. The zero-order valence-corrected chi connectivity index (χ0v) is 25.2. The molecule has 0 saturated heterocycles. The summed E-state index contributed by atoms with van der Waals surface area (Å²) in [4.78, 5) is 13.5. The third-order valence-electron chi connectivity index (χ3n) is 7.85. The molecule has 5 aromatic carbocycles. The largest absolute Gasteiger partial charge is 0.507 e. The highest BCUT2D eigenvalue weighted by Gasteiger charge is 2.39. The van der Waals surface area contributed by atoms with Crippen molar-refractivity contribution in [1.29, 1.82) is 0 Å². The van der Waals surface area contributed by atoms with Gasteiger partial charge in [-0.1, -0.05) is 134 Å². The zero-order valence-electron chi connectivity index (χ0n) is 23.7. The number of phenolic OH excluding ortho intramolecular Hbond substituents is 1. The Kier molecular flexibility index (Phi) is 9.01. The molecule has 0 spiro atoms. The topological polar surface area (TPSA) is 49.3 Å². The molecule has 0 aromatic heterocycles. The molecule has 0 atom stereocenters. The summed E-state index contributed by atoms with van der Waals surface area (Å²) in [5, 5.41) is 14.9. The lowest BCUT2D eigenvalue weighted by Crippen LogP contribution is -2.31. The number of carbonyl (C=O) groups excluding carboxylic acids is 1. The summed E-state index contributed by atoms with van der Waals surface area (Å²) in [5.41, 5.74) is 5.29. The van der Waals surface area contributed by atoms with E-state index in [9.17, 15) is 9.90 Å². The van der Waals surface area contributed by atoms with E-state index in [0.717, 1.165) is 35.1 Å². The second kappa shape index (κ2) is 12.9. The van der Waals surface area contributed by atoms with E-state index in [-0.39, 0.29) is 11.3 Å². The van der Waals surface area contributed by atoms with Crippen molar-refractivity contribution in [2.75, 3.05) is 5.32 Å². The maximum absolute atomic E-state index is 13.5. The number of carbonyl (C=O) groups is 1. The molecule has 5 rings (SSSR count). The fraction of sp³-hybridized carbons (Fsp3) is 0.162. The normalized spacial score (nSPS) is 11.3. The Morgan fingerprint density at radius 2 is 1.29 bits per heavy atom. The molecule has 0 bridgehead atoms. The molecular formula is C37H33Cl2NO2. The molecule has 3 nitrogen and oxygen atoms in total. The van der Waals surface area contributed by atoms with Crippen LogP contribution in [0.5, 0.6) is 5.75 Å². The molecular weight excluding hydrogens is 561 g/mol. The van der Waals surface area contributed by atoms with Gasteiger partial charge < -0.3 is 10.4 Å². The molecule has 0 aliphatic heterocycles. The van der Waals surface area contributed by atoms with Crippen LogP contribution in [0.1, 0.15) is 63.5 Å². The summed E-state index contributed by atoms with van der Waals surface area (Å²) in [7, 11) is 0. The van der Waals surface area contributed by atoms with Crippen molar-refractivity contribution in [3.8, 4) is 5.75 Å². The molecule has 1 amide bonds. The van der Waals surface area contributed by atoms with Gasteiger partial charge in [0.2, 0.25) is 0 Å². The molecule has 42 heavy (non-hydrogen) atoms. The number of hydrogen-bond acceptors (Lipinski definition) is 2. The molecule has 0 heterocycles. The number of anilines is 1. The van der Waals surface area contributed by atoms with Crippen LogP contribution >= 0.6 is 23.2 Å². The van der Waals surface area contributed by atoms with Crippen LogP contribution in [0, 0.1) is 6.92 Å². The first-order valence-electron chi connectivity index (χ1n) is 14.2. The van der Waals surface area contributed by atoms with Crippen molar-refractivity contribution in [1.82, 2.24) is 0 Å². The van der Waals surface area contributed by atoms with Crippen molar-refractivity contribution in [3.05, 3.63) is 164 Å². The van der Waals surface area contributed by atoms with Crippen molar-refractivity contribution in [2.24, 2.45) is 0 Å². The predicted octanol–water partition coefficient (Wildman–Crippen LogP) is 9.99. The number of benzene rings is 5. The Labute approximate surface area is 257 Å². The molecule has 0 saturated carbocycles. The van der Waals surface area contributed by atoms with Gasteiger partial charge in [0.15, 0.2) is 0 Å². The van der Waals surface area contributed by atoms with E-state index in [2.05, 4.69) is 48.6 Å². The van der Waals surface area contributed by atoms with Crippen LogP contribution in [-0.2, 0) is 11.8 Å². The minimum atomic E-state index is -0.709. The first-order valence-corrected chi connectivity index (χ1v) is 14.9. The number of aromatic hydroxyl groups is 1. The van der Waals surface area contributed by atoms with Crippen molar-refractivity contribution < 1.29 is 9.90 Å². The summed E-state index contributed by atoms with van der Waals surface area (Å²) in [5.74, 6) is -0.462. The maximum Gasteiger partial charge on any atom is 0.259 e. The minimum Gasteiger partial charge on any atom is -0.507 e. The minimum absolute atomic E-state index is 0.0261. The van der Waals surface area contributed by atoms with Gasteiger partial charge in [-0.2, -0.15) is 0 Å². The van der Waals surface area contributed by atoms with Crippen molar-refractivity contribution in [2.45, 2.75) is 38.5 Å². The van der Waals surface area contributed by atoms with E-state index in [0.29, 0.717) is 33.3 Å². The van der Waals surface area contributed by atoms with Gasteiger partial charge >= 0.3 is 0 Å². The summed E-state index contributed by atoms with van der Waals surface area (Å²) in [6, 6.07) is 38.3. The number of halogens is 2. The standard InChI is InChI=1S/C37H33Cl2NO2/c1-3-4-14-26-23-32(38)25(2)34(35(26)41)36(42)40-30-21-22-31(33(39)24-30)37(27-15-8-5-9-16-27,28-17-10-6-11-18-28)29-19-12-7-13-20-29/h5-13,15-24,41H,3-4,14H2,1-2H3,(H,40,42). The predicted molar refractivity (Wildman–Crippen MR) is 174 cm³/mol. The number of phenols is 1. The summed E-state index contributed by atoms with van der Waals surface area (Å²) in [6.07, 6.45) is 2.49. The Morgan fingerprint density at radius 3 is 1.76 bits per heavy atom. The molecule has 0 aliphatic rings. The van der Waals surface area contributed by atoms with Gasteiger partial charge in [0.05, 0.1) is 11.0 Å².